The van der Waals surface area contributed by atoms with Gasteiger partial charge in [-0.1, -0.05) is 133 Å². The summed E-state index contributed by atoms with van der Waals surface area (Å²) in [6, 6.07) is 74.4. The third-order valence-electron chi connectivity index (χ3n) is 11.3. The Bertz CT molecular complexity index is 3270. The first-order chi connectivity index (χ1) is 28.7. The largest absolute Gasteiger partial charge is 0.310 e. The van der Waals surface area contributed by atoms with Gasteiger partial charge in [-0.3, -0.25) is 0 Å². The standard InChI is InChI=1S/C54H35FN2S/c55-41-26-33-52-50(35-41)47-14-4-6-18-51(47)57(52)44-29-22-38(23-30-44)40-12-8-13-45(34-40)56(42-27-20-37(21-28-42)36-10-2-1-3-11-36)43-31-24-39(25-32-43)46-16-9-17-49-48-15-5-7-19-53(48)58-54(46)49/h1-35H. The summed E-state index contributed by atoms with van der Waals surface area (Å²) in [6.07, 6.45) is 0. The molecule has 0 amide bonds. The summed E-state index contributed by atoms with van der Waals surface area (Å²) in [5.41, 5.74) is 13.3. The van der Waals surface area contributed by atoms with Gasteiger partial charge in [0.25, 0.3) is 0 Å². The fraction of sp³-hybridized carbons (Fsp3) is 0. The quantitative estimate of drug-likeness (QED) is 0.157. The smallest absolute Gasteiger partial charge is 0.123 e. The molecule has 11 aromatic rings. The van der Waals surface area contributed by atoms with Crippen LogP contribution in [0.2, 0.25) is 0 Å². The molecule has 9 aromatic carbocycles. The Balaban J connectivity index is 0.981. The zero-order valence-electron chi connectivity index (χ0n) is 31.4. The molecule has 0 saturated carbocycles. The Morgan fingerprint density at radius 3 is 1.76 bits per heavy atom. The van der Waals surface area contributed by atoms with Crippen molar-refractivity contribution in [2.24, 2.45) is 0 Å². The predicted molar refractivity (Wildman–Crippen MR) is 245 cm³/mol. The normalized spacial score (nSPS) is 11.5. The van der Waals surface area contributed by atoms with E-state index >= 15 is 0 Å². The number of benzene rings is 9. The second-order valence-electron chi connectivity index (χ2n) is 14.7. The summed E-state index contributed by atoms with van der Waals surface area (Å²) in [4.78, 5) is 2.34. The number of rotatable bonds is 7. The van der Waals surface area contributed by atoms with Gasteiger partial charge in [0.15, 0.2) is 0 Å². The van der Waals surface area contributed by atoms with E-state index in [4.69, 9.17) is 0 Å². The van der Waals surface area contributed by atoms with Crippen LogP contribution in [0.5, 0.6) is 0 Å². The molecule has 0 radical (unpaired) electrons. The van der Waals surface area contributed by atoms with Crippen molar-refractivity contribution in [2.45, 2.75) is 0 Å². The van der Waals surface area contributed by atoms with Crippen LogP contribution in [0.4, 0.5) is 21.5 Å². The van der Waals surface area contributed by atoms with Crippen LogP contribution in [0.3, 0.4) is 0 Å². The SMILES string of the molecule is Fc1ccc2c(c1)c1ccccc1n2-c1ccc(-c2cccc(N(c3ccc(-c4ccccc4)cc3)c3ccc(-c4cccc5c4sc4ccccc45)cc3)c2)cc1. The summed E-state index contributed by atoms with van der Waals surface area (Å²) < 4.78 is 19.2. The molecule has 58 heavy (non-hydrogen) atoms. The van der Waals surface area contributed by atoms with Crippen LogP contribution in [0.1, 0.15) is 0 Å². The van der Waals surface area contributed by atoms with Crippen LogP contribution >= 0.6 is 11.3 Å². The summed E-state index contributed by atoms with van der Waals surface area (Å²) in [5.74, 6) is -0.229. The van der Waals surface area contributed by atoms with E-state index in [1.165, 1.54) is 48.5 Å². The van der Waals surface area contributed by atoms with Gasteiger partial charge in [0.05, 0.1) is 11.0 Å². The van der Waals surface area contributed by atoms with Crippen LogP contribution in [-0.2, 0) is 0 Å². The molecule has 0 N–H and O–H groups in total. The monoisotopic (exact) mass is 762 g/mol. The van der Waals surface area contributed by atoms with E-state index in [-0.39, 0.29) is 5.82 Å². The molecule has 2 nitrogen and oxygen atoms in total. The number of aromatic nitrogens is 1. The highest BCUT2D eigenvalue weighted by Gasteiger charge is 2.17. The van der Waals surface area contributed by atoms with Crippen LogP contribution in [0.25, 0.3) is 81.0 Å². The molecule has 0 spiro atoms. The Morgan fingerprint density at radius 1 is 0.379 bits per heavy atom. The van der Waals surface area contributed by atoms with Crippen molar-refractivity contribution >= 4 is 70.4 Å². The van der Waals surface area contributed by atoms with Gasteiger partial charge < -0.3 is 9.47 Å². The van der Waals surface area contributed by atoms with Gasteiger partial charge >= 0.3 is 0 Å². The Labute approximate surface area is 339 Å². The van der Waals surface area contributed by atoms with Crippen molar-refractivity contribution in [3.63, 3.8) is 0 Å². The number of fused-ring (bicyclic) bond motifs is 6. The minimum Gasteiger partial charge on any atom is -0.310 e. The van der Waals surface area contributed by atoms with Gasteiger partial charge in [-0.2, -0.15) is 0 Å². The molecular weight excluding hydrogens is 728 g/mol. The van der Waals surface area contributed by atoms with Crippen molar-refractivity contribution < 1.29 is 4.39 Å². The maximum absolute atomic E-state index is 14.4. The molecule has 0 unspecified atom stereocenters. The van der Waals surface area contributed by atoms with Crippen molar-refractivity contribution in [1.29, 1.82) is 0 Å². The van der Waals surface area contributed by atoms with Gasteiger partial charge in [-0.15, -0.1) is 11.3 Å². The summed E-state index contributed by atoms with van der Waals surface area (Å²) in [7, 11) is 0. The van der Waals surface area contributed by atoms with E-state index < -0.39 is 0 Å². The average molecular weight is 763 g/mol. The molecule has 0 bridgehead atoms. The number of hydrogen-bond acceptors (Lipinski definition) is 2. The lowest BCUT2D eigenvalue weighted by Gasteiger charge is -2.26. The average Bonchev–Trinajstić information content (AvgIpc) is 3.83. The Kier molecular flexibility index (Phi) is 8.23. The van der Waals surface area contributed by atoms with Crippen LogP contribution in [0.15, 0.2) is 212 Å². The minimum absolute atomic E-state index is 0.229. The fourth-order valence-corrected chi connectivity index (χ4v) is 9.73. The van der Waals surface area contributed by atoms with Gasteiger partial charge in [-0.05, 0) is 112 Å². The van der Waals surface area contributed by atoms with E-state index in [1.807, 2.05) is 29.5 Å². The van der Waals surface area contributed by atoms with E-state index in [0.29, 0.717) is 0 Å². The van der Waals surface area contributed by atoms with Gasteiger partial charge in [0, 0.05) is 53.7 Å². The first-order valence-electron chi connectivity index (χ1n) is 19.5. The lowest BCUT2D eigenvalue weighted by Crippen LogP contribution is -2.10. The van der Waals surface area contributed by atoms with Gasteiger partial charge in [0.2, 0.25) is 0 Å². The van der Waals surface area contributed by atoms with E-state index in [1.54, 1.807) is 6.07 Å². The fourth-order valence-electron chi connectivity index (χ4n) is 8.50. The topological polar surface area (TPSA) is 8.17 Å². The number of thiophene rings is 1. The van der Waals surface area contributed by atoms with Crippen molar-refractivity contribution in [3.05, 3.63) is 218 Å². The number of hydrogen-bond donors (Lipinski definition) is 0. The summed E-state index contributed by atoms with van der Waals surface area (Å²) >= 11 is 1.86. The van der Waals surface area contributed by atoms with E-state index in [0.717, 1.165) is 55.7 Å². The molecule has 0 aliphatic carbocycles. The lowest BCUT2D eigenvalue weighted by molar-refractivity contribution is 0.629. The van der Waals surface area contributed by atoms with Crippen LogP contribution in [0, 0.1) is 5.82 Å². The molecule has 2 heterocycles. The predicted octanol–water partition coefficient (Wildman–Crippen LogP) is 15.8. The van der Waals surface area contributed by atoms with Crippen molar-refractivity contribution in [1.82, 2.24) is 4.57 Å². The maximum Gasteiger partial charge on any atom is 0.123 e. The van der Waals surface area contributed by atoms with Crippen LogP contribution < -0.4 is 4.90 Å². The zero-order chi connectivity index (χ0) is 38.6. The molecule has 11 rings (SSSR count). The highest BCUT2D eigenvalue weighted by atomic mass is 32.1. The molecule has 2 aromatic heterocycles. The highest BCUT2D eigenvalue weighted by molar-refractivity contribution is 7.26. The van der Waals surface area contributed by atoms with Gasteiger partial charge in [-0.25, -0.2) is 4.39 Å². The van der Waals surface area contributed by atoms with E-state index in [2.05, 4.69) is 191 Å². The van der Waals surface area contributed by atoms with Crippen molar-refractivity contribution in [3.8, 4) is 39.1 Å². The van der Waals surface area contributed by atoms with Crippen LogP contribution in [-0.4, -0.2) is 4.57 Å². The molecule has 0 fully saturated rings. The number of halogens is 1. The van der Waals surface area contributed by atoms with Crippen molar-refractivity contribution in [2.75, 3.05) is 4.90 Å². The number of anilines is 3. The van der Waals surface area contributed by atoms with Gasteiger partial charge in [0.1, 0.15) is 5.82 Å². The van der Waals surface area contributed by atoms with E-state index in [9.17, 15) is 4.39 Å². The molecule has 4 heteroatoms. The molecule has 0 atom stereocenters. The first-order valence-corrected chi connectivity index (χ1v) is 20.3. The third kappa shape index (κ3) is 5.85. The summed E-state index contributed by atoms with van der Waals surface area (Å²) in [6.45, 7) is 0. The molecule has 0 saturated heterocycles. The Hall–Kier alpha value is -7.27. The molecule has 0 aliphatic heterocycles. The summed E-state index contributed by atoms with van der Waals surface area (Å²) in [5, 5.41) is 4.56. The number of nitrogens with zero attached hydrogens (tertiary/aromatic N) is 2. The second kappa shape index (κ2) is 14.0. The molecular formula is C54H35FN2S. The first kappa shape index (κ1) is 34.0. The Morgan fingerprint density at radius 2 is 0.966 bits per heavy atom. The number of para-hydroxylation sites is 1. The molecule has 274 valence electrons. The third-order valence-corrected chi connectivity index (χ3v) is 12.5. The minimum atomic E-state index is -0.229. The maximum atomic E-state index is 14.4. The zero-order valence-corrected chi connectivity index (χ0v) is 32.2. The molecule has 0 aliphatic rings. The lowest BCUT2D eigenvalue weighted by atomic mass is 10.0. The highest BCUT2D eigenvalue weighted by Crippen LogP contribution is 2.42. The second-order valence-corrected chi connectivity index (χ2v) is 15.7.